The van der Waals surface area contributed by atoms with E-state index >= 15 is 0 Å². The lowest BCUT2D eigenvalue weighted by Gasteiger charge is -2.18. The van der Waals surface area contributed by atoms with Gasteiger partial charge in [-0.2, -0.15) is 4.98 Å². The number of hydrogen-bond donors (Lipinski definition) is 2. The Bertz CT molecular complexity index is 993. The van der Waals surface area contributed by atoms with Crippen LogP contribution in [0.5, 0.6) is 0 Å². The second kappa shape index (κ2) is 8.64. The number of nitrogens with one attached hydrogen (secondary N) is 2. The lowest BCUT2D eigenvalue weighted by Crippen LogP contribution is -2.27. The fourth-order valence-corrected chi connectivity index (χ4v) is 2.41. The molecule has 0 radical (unpaired) electrons. The summed E-state index contributed by atoms with van der Waals surface area (Å²) in [6.07, 6.45) is 3.82. The number of carbonyl (C=O) groups excluding carboxylic acids is 2. The summed E-state index contributed by atoms with van der Waals surface area (Å²) in [6.45, 7) is 5.52. The molecule has 2 aromatic heterocycles. The zero-order valence-electron chi connectivity index (χ0n) is 16.6. The molecule has 3 rings (SSSR count). The van der Waals surface area contributed by atoms with Gasteiger partial charge in [-0.1, -0.05) is 32.0 Å². The van der Waals surface area contributed by atoms with E-state index in [9.17, 15) is 9.59 Å². The third-order valence-electron chi connectivity index (χ3n) is 4.04. The van der Waals surface area contributed by atoms with Gasteiger partial charge >= 0.3 is 0 Å². The maximum Gasteiger partial charge on any atom is 0.229 e. The summed E-state index contributed by atoms with van der Waals surface area (Å²) in [5.41, 5.74) is 1.47. The smallest absolute Gasteiger partial charge is 0.229 e. The Balaban J connectivity index is 1.54. The van der Waals surface area contributed by atoms with E-state index in [4.69, 9.17) is 4.52 Å². The molecule has 2 amide bonds. The summed E-state index contributed by atoms with van der Waals surface area (Å²) in [5, 5.41) is 9.57. The van der Waals surface area contributed by atoms with Crippen molar-refractivity contribution in [3.05, 3.63) is 54.7 Å². The number of nitrogens with zero attached hydrogens (tertiary/aromatic N) is 3. The monoisotopic (exact) mass is 393 g/mol. The summed E-state index contributed by atoms with van der Waals surface area (Å²) < 4.78 is 5.20. The highest BCUT2D eigenvalue weighted by molar-refractivity contribution is 5.96. The largest absolute Gasteiger partial charge is 0.339 e. The number of pyridine rings is 1. The first-order valence-corrected chi connectivity index (χ1v) is 9.25. The van der Waals surface area contributed by atoms with Crippen molar-refractivity contribution < 1.29 is 14.1 Å². The van der Waals surface area contributed by atoms with Gasteiger partial charge in [-0.05, 0) is 30.3 Å². The van der Waals surface area contributed by atoms with Gasteiger partial charge in [-0.3, -0.25) is 14.6 Å². The minimum Gasteiger partial charge on any atom is -0.339 e. The van der Waals surface area contributed by atoms with Crippen LogP contribution in [0.1, 0.15) is 33.1 Å². The number of hydrogen-bond acceptors (Lipinski definition) is 6. The molecule has 150 valence electrons. The second-order valence-electron chi connectivity index (χ2n) is 7.59. The van der Waals surface area contributed by atoms with Crippen LogP contribution in [0, 0.1) is 5.41 Å². The SMILES string of the molecule is CC(C)(C)C(=O)Nc1cccc(NC(=O)CCc2nc(-c3cccnc3)no2)c1. The molecule has 0 saturated heterocycles. The van der Waals surface area contributed by atoms with Gasteiger partial charge in [0.05, 0.1) is 0 Å². The van der Waals surface area contributed by atoms with Crippen molar-refractivity contribution in [2.75, 3.05) is 10.6 Å². The highest BCUT2D eigenvalue weighted by atomic mass is 16.5. The zero-order valence-corrected chi connectivity index (χ0v) is 16.6. The standard InChI is InChI=1S/C21H23N5O3/c1-21(2,3)20(28)24-16-8-4-7-15(12-16)23-17(27)9-10-18-25-19(26-29-18)14-6-5-11-22-13-14/h4-8,11-13H,9-10H2,1-3H3,(H,23,27)(H,24,28). The highest BCUT2D eigenvalue weighted by Crippen LogP contribution is 2.20. The first kappa shape index (κ1) is 20.2. The van der Waals surface area contributed by atoms with Crippen molar-refractivity contribution in [3.63, 3.8) is 0 Å². The van der Waals surface area contributed by atoms with Crippen molar-refractivity contribution in [2.45, 2.75) is 33.6 Å². The van der Waals surface area contributed by atoms with E-state index in [2.05, 4.69) is 25.8 Å². The lowest BCUT2D eigenvalue weighted by atomic mass is 9.95. The van der Waals surface area contributed by atoms with Crippen LogP contribution in [0.4, 0.5) is 11.4 Å². The summed E-state index contributed by atoms with van der Waals surface area (Å²) in [5.74, 6) is 0.535. The van der Waals surface area contributed by atoms with Gasteiger partial charge in [0, 0.05) is 47.6 Å². The van der Waals surface area contributed by atoms with Crippen molar-refractivity contribution >= 4 is 23.2 Å². The lowest BCUT2D eigenvalue weighted by molar-refractivity contribution is -0.123. The predicted molar refractivity (Wildman–Crippen MR) is 109 cm³/mol. The Morgan fingerprint density at radius 1 is 1.07 bits per heavy atom. The quantitative estimate of drug-likeness (QED) is 0.661. The van der Waals surface area contributed by atoms with Gasteiger partial charge in [0.25, 0.3) is 0 Å². The molecular formula is C21H23N5O3. The summed E-state index contributed by atoms with van der Waals surface area (Å²) in [4.78, 5) is 32.7. The van der Waals surface area contributed by atoms with Gasteiger partial charge in [0.2, 0.25) is 23.5 Å². The molecule has 0 fully saturated rings. The van der Waals surface area contributed by atoms with E-state index in [1.54, 1.807) is 42.7 Å². The summed E-state index contributed by atoms with van der Waals surface area (Å²) in [7, 11) is 0. The number of aryl methyl sites for hydroxylation is 1. The van der Waals surface area contributed by atoms with Gasteiger partial charge in [-0.25, -0.2) is 0 Å². The molecule has 0 aliphatic carbocycles. The zero-order chi connectivity index (χ0) is 20.9. The summed E-state index contributed by atoms with van der Waals surface area (Å²) >= 11 is 0. The maximum absolute atomic E-state index is 12.3. The molecule has 0 atom stereocenters. The number of aromatic nitrogens is 3. The molecule has 8 nitrogen and oxygen atoms in total. The molecule has 0 bridgehead atoms. The first-order chi connectivity index (χ1) is 13.8. The Morgan fingerprint density at radius 2 is 1.83 bits per heavy atom. The number of amides is 2. The Hall–Kier alpha value is -3.55. The molecule has 2 heterocycles. The van der Waals surface area contributed by atoms with Crippen LogP contribution in [0.2, 0.25) is 0 Å². The van der Waals surface area contributed by atoms with E-state index < -0.39 is 5.41 Å². The molecule has 0 aliphatic heterocycles. The van der Waals surface area contributed by atoms with E-state index in [1.165, 1.54) is 0 Å². The minimum atomic E-state index is -0.502. The molecule has 0 aliphatic rings. The first-order valence-electron chi connectivity index (χ1n) is 9.25. The van der Waals surface area contributed by atoms with Gasteiger partial charge in [0.1, 0.15) is 0 Å². The molecule has 0 saturated carbocycles. The fraction of sp³-hybridized carbons (Fsp3) is 0.286. The molecule has 0 unspecified atom stereocenters. The average molecular weight is 393 g/mol. The minimum absolute atomic E-state index is 0.0956. The molecule has 29 heavy (non-hydrogen) atoms. The van der Waals surface area contributed by atoms with Crippen molar-refractivity contribution in [1.82, 2.24) is 15.1 Å². The molecule has 3 aromatic rings. The molecule has 1 aromatic carbocycles. The van der Waals surface area contributed by atoms with Crippen molar-refractivity contribution in [3.8, 4) is 11.4 Å². The number of benzene rings is 1. The van der Waals surface area contributed by atoms with Crippen LogP contribution < -0.4 is 10.6 Å². The number of anilines is 2. The van der Waals surface area contributed by atoms with Crippen molar-refractivity contribution in [2.24, 2.45) is 5.41 Å². The summed E-state index contributed by atoms with van der Waals surface area (Å²) in [6, 6.07) is 10.6. The van der Waals surface area contributed by atoms with Gasteiger partial charge < -0.3 is 15.2 Å². The third-order valence-corrected chi connectivity index (χ3v) is 4.04. The van der Waals surface area contributed by atoms with Crippen LogP contribution in [-0.4, -0.2) is 26.9 Å². The maximum atomic E-state index is 12.3. The fourth-order valence-electron chi connectivity index (χ4n) is 2.41. The molecular weight excluding hydrogens is 370 g/mol. The molecule has 0 spiro atoms. The second-order valence-corrected chi connectivity index (χ2v) is 7.59. The van der Waals surface area contributed by atoms with E-state index in [-0.39, 0.29) is 18.2 Å². The van der Waals surface area contributed by atoms with Gasteiger partial charge in [-0.15, -0.1) is 0 Å². The Morgan fingerprint density at radius 3 is 2.52 bits per heavy atom. The Kier molecular flexibility index (Phi) is 6.01. The number of rotatable bonds is 6. The van der Waals surface area contributed by atoms with E-state index in [0.717, 1.165) is 5.56 Å². The molecule has 8 heteroatoms. The third kappa shape index (κ3) is 5.71. The van der Waals surface area contributed by atoms with Crippen LogP contribution in [-0.2, 0) is 16.0 Å². The molecule has 2 N–H and O–H groups in total. The topological polar surface area (TPSA) is 110 Å². The van der Waals surface area contributed by atoms with Crippen LogP contribution in [0.3, 0.4) is 0 Å². The van der Waals surface area contributed by atoms with Crippen molar-refractivity contribution in [1.29, 1.82) is 0 Å². The Labute approximate surface area is 168 Å². The van der Waals surface area contributed by atoms with E-state index in [1.807, 2.05) is 26.8 Å². The van der Waals surface area contributed by atoms with Crippen LogP contribution in [0.15, 0.2) is 53.3 Å². The number of carbonyl (C=O) groups is 2. The highest BCUT2D eigenvalue weighted by Gasteiger charge is 2.21. The predicted octanol–water partition coefficient (Wildman–Crippen LogP) is 3.69. The normalized spacial score (nSPS) is 11.1. The van der Waals surface area contributed by atoms with Gasteiger partial charge in [0.15, 0.2) is 0 Å². The van der Waals surface area contributed by atoms with Crippen LogP contribution >= 0.6 is 0 Å². The average Bonchev–Trinajstić information content (AvgIpc) is 3.16. The van der Waals surface area contributed by atoms with E-state index in [0.29, 0.717) is 29.5 Å². The van der Waals surface area contributed by atoms with Crippen LogP contribution in [0.25, 0.3) is 11.4 Å².